The van der Waals surface area contributed by atoms with E-state index in [9.17, 15) is 4.39 Å². The lowest BCUT2D eigenvalue weighted by Crippen LogP contribution is -2.47. The van der Waals surface area contributed by atoms with E-state index in [0.29, 0.717) is 0 Å². The van der Waals surface area contributed by atoms with Crippen LogP contribution in [0.4, 0.5) is 4.39 Å². The fraction of sp³-hybridized carbons (Fsp3) is 0.273. The summed E-state index contributed by atoms with van der Waals surface area (Å²) >= 11 is 0. The molecule has 3 aromatic rings. The van der Waals surface area contributed by atoms with Gasteiger partial charge in [0.15, 0.2) is 0 Å². The summed E-state index contributed by atoms with van der Waals surface area (Å²) in [6.45, 7) is 3.88. The van der Waals surface area contributed by atoms with Gasteiger partial charge in [-0.2, -0.15) is 0 Å². The number of rotatable bonds is 5. The summed E-state index contributed by atoms with van der Waals surface area (Å²) in [7, 11) is 0. The van der Waals surface area contributed by atoms with Crippen molar-refractivity contribution in [2.75, 3.05) is 32.8 Å². The first-order valence-corrected chi connectivity index (χ1v) is 9.17. The zero-order valence-electron chi connectivity index (χ0n) is 15.1. The van der Waals surface area contributed by atoms with E-state index in [2.05, 4.69) is 16.0 Å². The van der Waals surface area contributed by atoms with Crippen LogP contribution in [0.15, 0.2) is 73.2 Å². The molecule has 3 heterocycles. The van der Waals surface area contributed by atoms with Crippen LogP contribution in [-0.4, -0.2) is 47.7 Å². The molecule has 0 aliphatic carbocycles. The Morgan fingerprint density at radius 1 is 0.926 bits per heavy atom. The van der Waals surface area contributed by atoms with Crippen molar-refractivity contribution in [2.45, 2.75) is 5.41 Å². The maximum atomic E-state index is 13.7. The van der Waals surface area contributed by atoms with Crippen LogP contribution in [0.2, 0.25) is 0 Å². The van der Waals surface area contributed by atoms with E-state index in [1.807, 2.05) is 48.8 Å². The number of benzene rings is 1. The normalized spacial score (nSPS) is 17.4. The SMILES string of the molecule is Fc1ccc(C(CN2CCOCC2)(c2cccnc2)c2ccccn2)cc1. The summed E-state index contributed by atoms with van der Waals surface area (Å²) in [5.41, 5.74) is 2.43. The predicted molar refractivity (Wildman–Crippen MR) is 102 cm³/mol. The Morgan fingerprint density at radius 2 is 1.74 bits per heavy atom. The Labute approximate surface area is 158 Å². The van der Waals surface area contributed by atoms with Crippen molar-refractivity contribution in [2.24, 2.45) is 0 Å². The maximum absolute atomic E-state index is 13.7. The number of nitrogens with zero attached hydrogens (tertiary/aromatic N) is 3. The minimum absolute atomic E-state index is 0.244. The van der Waals surface area contributed by atoms with Crippen LogP contribution in [0.1, 0.15) is 16.8 Å². The van der Waals surface area contributed by atoms with Crippen LogP contribution in [-0.2, 0) is 10.2 Å². The lowest BCUT2D eigenvalue weighted by molar-refractivity contribution is 0.0321. The van der Waals surface area contributed by atoms with Gasteiger partial charge >= 0.3 is 0 Å². The van der Waals surface area contributed by atoms with E-state index in [1.165, 1.54) is 12.1 Å². The van der Waals surface area contributed by atoms with Gasteiger partial charge < -0.3 is 4.74 Å². The monoisotopic (exact) mass is 363 g/mol. The minimum Gasteiger partial charge on any atom is -0.379 e. The molecule has 2 aromatic heterocycles. The molecule has 5 heteroatoms. The second-order valence-electron chi connectivity index (χ2n) is 6.76. The molecule has 27 heavy (non-hydrogen) atoms. The molecular formula is C22H22FN3O. The molecule has 1 fully saturated rings. The topological polar surface area (TPSA) is 38.2 Å². The van der Waals surface area contributed by atoms with Gasteiger partial charge in [0.1, 0.15) is 5.82 Å². The smallest absolute Gasteiger partial charge is 0.123 e. The molecular weight excluding hydrogens is 341 g/mol. The third-order valence-electron chi connectivity index (χ3n) is 5.16. The lowest BCUT2D eigenvalue weighted by Gasteiger charge is -2.40. The minimum atomic E-state index is -0.541. The first-order chi connectivity index (χ1) is 13.3. The van der Waals surface area contributed by atoms with Gasteiger partial charge in [-0.1, -0.05) is 24.3 Å². The zero-order valence-corrected chi connectivity index (χ0v) is 15.1. The van der Waals surface area contributed by atoms with Gasteiger partial charge in [-0.25, -0.2) is 4.39 Å². The fourth-order valence-corrected chi connectivity index (χ4v) is 3.79. The van der Waals surface area contributed by atoms with Gasteiger partial charge in [0.2, 0.25) is 0 Å². The lowest BCUT2D eigenvalue weighted by atomic mass is 9.71. The van der Waals surface area contributed by atoms with Crippen molar-refractivity contribution < 1.29 is 9.13 Å². The highest BCUT2D eigenvalue weighted by molar-refractivity contribution is 5.48. The van der Waals surface area contributed by atoms with Crippen LogP contribution in [0.3, 0.4) is 0 Å². The summed E-state index contributed by atoms with van der Waals surface area (Å²) in [4.78, 5) is 11.5. The van der Waals surface area contributed by atoms with Crippen LogP contribution in [0, 0.1) is 5.82 Å². The largest absolute Gasteiger partial charge is 0.379 e. The summed E-state index contributed by atoms with van der Waals surface area (Å²) in [6.07, 6.45) is 5.47. The van der Waals surface area contributed by atoms with Gasteiger partial charge in [0.05, 0.1) is 24.3 Å². The molecule has 138 valence electrons. The maximum Gasteiger partial charge on any atom is 0.123 e. The summed E-state index contributed by atoms with van der Waals surface area (Å²) in [6, 6.07) is 16.7. The van der Waals surface area contributed by atoms with Crippen molar-refractivity contribution in [3.8, 4) is 0 Å². The van der Waals surface area contributed by atoms with E-state index in [1.54, 1.807) is 6.20 Å². The van der Waals surface area contributed by atoms with E-state index < -0.39 is 5.41 Å². The molecule has 1 aromatic carbocycles. The number of halogens is 1. The highest BCUT2D eigenvalue weighted by Crippen LogP contribution is 2.39. The summed E-state index contributed by atoms with van der Waals surface area (Å²) in [5.74, 6) is -0.244. The summed E-state index contributed by atoms with van der Waals surface area (Å²) in [5, 5.41) is 0. The van der Waals surface area contributed by atoms with Gasteiger partial charge in [-0.05, 0) is 41.5 Å². The number of ether oxygens (including phenoxy) is 1. The molecule has 1 aliphatic rings. The Balaban J connectivity index is 1.91. The molecule has 0 spiro atoms. The number of morpholine rings is 1. The molecule has 1 unspecified atom stereocenters. The average molecular weight is 363 g/mol. The molecule has 4 rings (SSSR count). The molecule has 1 saturated heterocycles. The second-order valence-corrected chi connectivity index (χ2v) is 6.76. The van der Waals surface area contributed by atoms with Crippen molar-refractivity contribution >= 4 is 0 Å². The summed E-state index contributed by atoms with van der Waals surface area (Å²) < 4.78 is 19.2. The Kier molecular flexibility index (Phi) is 5.23. The third kappa shape index (κ3) is 3.61. The number of hydrogen-bond donors (Lipinski definition) is 0. The average Bonchev–Trinajstić information content (AvgIpc) is 2.75. The Bertz CT molecular complexity index is 810. The molecule has 0 radical (unpaired) electrons. The zero-order chi connectivity index (χ0) is 18.5. The molecule has 0 amide bonds. The quantitative estimate of drug-likeness (QED) is 0.697. The predicted octanol–water partition coefficient (Wildman–Crippen LogP) is 3.28. The molecule has 0 bridgehead atoms. The van der Waals surface area contributed by atoms with E-state index >= 15 is 0 Å². The van der Waals surface area contributed by atoms with E-state index in [4.69, 9.17) is 9.72 Å². The van der Waals surface area contributed by atoms with Crippen LogP contribution in [0.25, 0.3) is 0 Å². The number of pyridine rings is 2. The molecule has 0 saturated carbocycles. The van der Waals surface area contributed by atoms with Crippen molar-refractivity contribution in [3.63, 3.8) is 0 Å². The van der Waals surface area contributed by atoms with Crippen molar-refractivity contribution in [1.82, 2.24) is 14.9 Å². The van der Waals surface area contributed by atoms with Gasteiger partial charge in [-0.15, -0.1) is 0 Å². The Morgan fingerprint density at radius 3 is 2.41 bits per heavy atom. The van der Waals surface area contributed by atoms with Gasteiger partial charge in [0, 0.05) is 38.2 Å². The van der Waals surface area contributed by atoms with Crippen LogP contribution >= 0.6 is 0 Å². The van der Waals surface area contributed by atoms with Crippen molar-refractivity contribution in [1.29, 1.82) is 0 Å². The van der Waals surface area contributed by atoms with Gasteiger partial charge in [-0.3, -0.25) is 14.9 Å². The standard InChI is InChI=1S/C22H22FN3O/c23-20-8-6-18(7-9-20)22(19-4-3-10-24-16-19,21-5-1-2-11-25-21)17-26-12-14-27-15-13-26/h1-11,16H,12-15,17H2. The van der Waals surface area contributed by atoms with Crippen LogP contribution < -0.4 is 0 Å². The third-order valence-corrected chi connectivity index (χ3v) is 5.16. The number of aromatic nitrogens is 2. The second kappa shape index (κ2) is 7.94. The highest BCUT2D eigenvalue weighted by atomic mass is 19.1. The van der Waals surface area contributed by atoms with E-state index in [-0.39, 0.29) is 5.82 Å². The molecule has 1 aliphatic heterocycles. The molecule has 1 atom stereocenters. The fourth-order valence-electron chi connectivity index (χ4n) is 3.79. The van der Waals surface area contributed by atoms with Crippen molar-refractivity contribution in [3.05, 3.63) is 95.8 Å². The number of hydrogen-bond acceptors (Lipinski definition) is 4. The first kappa shape index (κ1) is 17.8. The molecule has 0 N–H and O–H groups in total. The first-order valence-electron chi connectivity index (χ1n) is 9.17. The Hall–Kier alpha value is -2.63. The highest BCUT2D eigenvalue weighted by Gasteiger charge is 2.40. The van der Waals surface area contributed by atoms with Crippen LogP contribution in [0.5, 0.6) is 0 Å². The van der Waals surface area contributed by atoms with E-state index in [0.717, 1.165) is 49.7 Å². The molecule has 4 nitrogen and oxygen atoms in total. The van der Waals surface area contributed by atoms with Gasteiger partial charge in [0.25, 0.3) is 0 Å².